The molecule has 7 nitrogen and oxygen atoms in total. The smallest absolute Gasteiger partial charge is 0.269 e. The third-order valence-corrected chi connectivity index (χ3v) is 2.19. The Bertz CT molecular complexity index is 521. The fourth-order valence-electron chi connectivity index (χ4n) is 1.35. The summed E-state index contributed by atoms with van der Waals surface area (Å²) in [6.07, 6.45) is 0.436. The molecule has 17 heavy (non-hydrogen) atoms. The summed E-state index contributed by atoms with van der Waals surface area (Å²) in [5.74, 6) is 0.821. The molecule has 1 heterocycles. The number of rotatable bonds is 4. The van der Waals surface area contributed by atoms with Crippen molar-refractivity contribution in [3.05, 3.63) is 51.7 Å². The number of benzene rings is 1. The van der Waals surface area contributed by atoms with Gasteiger partial charge in [-0.2, -0.15) is 0 Å². The molecule has 2 N–H and O–H groups in total. The minimum atomic E-state index is -0.441. The molecule has 0 aliphatic carbocycles. The molecule has 0 spiro atoms. The van der Waals surface area contributed by atoms with Gasteiger partial charge in [-0.1, -0.05) is 12.1 Å². The average Bonchev–Trinajstić information content (AvgIpc) is 2.77. The van der Waals surface area contributed by atoms with Crippen molar-refractivity contribution in [2.45, 2.75) is 13.0 Å². The molecule has 0 bridgehead atoms. The summed E-state index contributed by atoms with van der Waals surface area (Å²) < 4.78 is 5.23. The Morgan fingerprint density at radius 1 is 1.24 bits per heavy atom. The van der Waals surface area contributed by atoms with E-state index < -0.39 is 4.92 Å². The van der Waals surface area contributed by atoms with E-state index in [2.05, 4.69) is 10.2 Å². The topological polar surface area (TPSA) is 108 Å². The highest BCUT2D eigenvalue weighted by Crippen LogP contribution is 2.14. The van der Waals surface area contributed by atoms with Crippen LogP contribution in [0.5, 0.6) is 0 Å². The Hall–Kier alpha value is -2.28. The van der Waals surface area contributed by atoms with Crippen LogP contribution in [0.25, 0.3) is 0 Å². The van der Waals surface area contributed by atoms with Crippen LogP contribution in [0, 0.1) is 10.1 Å². The molecule has 0 atom stereocenters. The Kier molecular flexibility index (Phi) is 3.10. The molecule has 2 rings (SSSR count). The van der Waals surface area contributed by atoms with Gasteiger partial charge in [0.15, 0.2) is 0 Å². The van der Waals surface area contributed by atoms with Crippen molar-refractivity contribution >= 4 is 5.69 Å². The van der Waals surface area contributed by atoms with E-state index in [1.807, 2.05) is 0 Å². The van der Waals surface area contributed by atoms with E-state index in [9.17, 15) is 10.1 Å². The highest BCUT2D eigenvalue weighted by atomic mass is 16.6. The predicted octanol–water partition coefficient (Wildman–Crippen LogP) is 1.03. The van der Waals surface area contributed by atoms with Crippen molar-refractivity contribution in [3.63, 3.8) is 0 Å². The molecule has 0 aliphatic rings. The zero-order valence-electron chi connectivity index (χ0n) is 8.87. The first-order valence-electron chi connectivity index (χ1n) is 4.93. The van der Waals surface area contributed by atoms with Gasteiger partial charge in [-0.05, 0) is 5.56 Å². The lowest BCUT2D eigenvalue weighted by Crippen LogP contribution is -1.95. The zero-order chi connectivity index (χ0) is 12.3. The predicted molar refractivity (Wildman–Crippen MR) is 58.1 cm³/mol. The lowest BCUT2D eigenvalue weighted by Gasteiger charge is -1.96. The van der Waals surface area contributed by atoms with E-state index in [4.69, 9.17) is 10.2 Å². The summed E-state index contributed by atoms with van der Waals surface area (Å²) in [4.78, 5) is 10.0. The van der Waals surface area contributed by atoms with Crippen molar-refractivity contribution in [1.82, 2.24) is 10.2 Å². The van der Waals surface area contributed by atoms with Crippen molar-refractivity contribution in [2.75, 3.05) is 0 Å². The second-order valence-electron chi connectivity index (χ2n) is 3.39. The Balaban J connectivity index is 2.10. The summed E-state index contributed by atoms with van der Waals surface area (Å²) in [5, 5.41) is 18.0. The van der Waals surface area contributed by atoms with E-state index in [-0.39, 0.29) is 12.2 Å². The van der Waals surface area contributed by atoms with E-state index in [0.717, 1.165) is 5.56 Å². The normalized spacial score (nSPS) is 10.4. The van der Waals surface area contributed by atoms with Gasteiger partial charge in [-0.25, -0.2) is 0 Å². The number of non-ortho nitro benzene ring substituents is 1. The van der Waals surface area contributed by atoms with Gasteiger partial charge < -0.3 is 10.2 Å². The van der Waals surface area contributed by atoms with Gasteiger partial charge in [0.25, 0.3) is 5.69 Å². The molecule has 1 aromatic carbocycles. The van der Waals surface area contributed by atoms with E-state index in [0.29, 0.717) is 18.2 Å². The Morgan fingerprint density at radius 3 is 2.41 bits per heavy atom. The first-order valence-corrected chi connectivity index (χ1v) is 4.93. The third kappa shape index (κ3) is 2.64. The van der Waals surface area contributed by atoms with Crippen LogP contribution in [-0.2, 0) is 13.0 Å². The van der Waals surface area contributed by atoms with Crippen LogP contribution < -0.4 is 5.73 Å². The van der Waals surface area contributed by atoms with Gasteiger partial charge in [-0.15, -0.1) is 10.2 Å². The van der Waals surface area contributed by atoms with Gasteiger partial charge >= 0.3 is 0 Å². The molecule has 1 aromatic heterocycles. The second kappa shape index (κ2) is 4.71. The van der Waals surface area contributed by atoms with Gasteiger partial charge in [0.1, 0.15) is 0 Å². The van der Waals surface area contributed by atoms with Gasteiger partial charge in [0.05, 0.1) is 17.9 Å². The molecule has 0 aliphatic heterocycles. The highest BCUT2D eigenvalue weighted by Gasteiger charge is 2.08. The van der Waals surface area contributed by atoms with Crippen molar-refractivity contribution in [1.29, 1.82) is 0 Å². The summed E-state index contributed by atoms with van der Waals surface area (Å²) in [6.45, 7) is 0.202. The van der Waals surface area contributed by atoms with Crippen molar-refractivity contribution in [3.8, 4) is 0 Å². The quantitative estimate of drug-likeness (QED) is 0.625. The minimum absolute atomic E-state index is 0.0573. The third-order valence-electron chi connectivity index (χ3n) is 2.19. The zero-order valence-corrected chi connectivity index (χ0v) is 8.87. The number of hydrogen-bond acceptors (Lipinski definition) is 6. The molecule has 88 valence electrons. The molecule has 0 radical (unpaired) electrons. The van der Waals surface area contributed by atoms with Crippen LogP contribution in [-0.4, -0.2) is 15.1 Å². The van der Waals surface area contributed by atoms with Gasteiger partial charge in [0, 0.05) is 12.1 Å². The number of hydrogen-bond donors (Lipinski definition) is 1. The molecule has 0 unspecified atom stereocenters. The molecule has 0 saturated heterocycles. The first kappa shape index (κ1) is 11.2. The van der Waals surface area contributed by atoms with E-state index >= 15 is 0 Å². The summed E-state index contributed by atoms with van der Waals surface area (Å²) in [5.41, 5.74) is 6.26. The SMILES string of the molecule is NCc1nnc(Cc2ccc([N+](=O)[O-])cc2)o1. The summed E-state index contributed by atoms with van der Waals surface area (Å²) in [6, 6.07) is 6.19. The lowest BCUT2D eigenvalue weighted by atomic mass is 10.1. The summed E-state index contributed by atoms with van der Waals surface area (Å²) in [7, 11) is 0. The Labute approximate surface area is 96.4 Å². The average molecular weight is 234 g/mol. The monoisotopic (exact) mass is 234 g/mol. The highest BCUT2D eigenvalue weighted by molar-refractivity contribution is 5.33. The van der Waals surface area contributed by atoms with Gasteiger partial charge in [0.2, 0.25) is 11.8 Å². The van der Waals surface area contributed by atoms with Crippen molar-refractivity contribution < 1.29 is 9.34 Å². The summed E-state index contributed by atoms with van der Waals surface area (Å²) >= 11 is 0. The van der Waals surface area contributed by atoms with Crippen LogP contribution in [0.2, 0.25) is 0 Å². The fourth-order valence-corrected chi connectivity index (χ4v) is 1.35. The number of nitrogens with zero attached hydrogens (tertiary/aromatic N) is 3. The van der Waals surface area contributed by atoms with E-state index in [1.54, 1.807) is 12.1 Å². The largest absolute Gasteiger partial charge is 0.424 e. The van der Waals surface area contributed by atoms with Crippen molar-refractivity contribution in [2.24, 2.45) is 5.73 Å². The molecule has 7 heteroatoms. The van der Waals surface area contributed by atoms with Crippen LogP contribution >= 0.6 is 0 Å². The number of aromatic nitrogens is 2. The van der Waals surface area contributed by atoms with Crippen LogP contribution in [0.15, 0.2) is 28.7 Å². The maximum absolute atomic E-state index is 10.5. The van der Waals surface area contributed by atoms with Gasteiger partial charge in [-0.3, -0.25) is 10.1 Å². The molecule has 0 fully saturated rings. The Morgan fingerprint density at radius 2 is 1.88 bits per heavy atom. The standard InChI is InChI=1S/C10H10N4O3/c11-6-10-13-12-9(17-10)5-7-1-3-8(4-2-7)14(15)16/h1-4H,5-6,11H2. The minimum Gasteiger partial charge on any atom is -0.424 e. The van der Waals surface area contributed by atoms with Crippen LogP contribution in [0.4, 0.5) is 5.69 Å². The van der Waals surface area contributed by atoms with Crippen LogP contribution in [0.3, 0.4) is 0 Å². The molecular weight excluding hydrogens is 224 g/mol. The number of nitro groups is 1. The molecule has 0 saturated carbocycles. The number of nitrogens with two attached hydrogens (primary N) is 1. The lowest BCUT2D eigenvalue weighted by molar-refractivity contribution is -0.384. The maximum Gasteiger partial charge on any atom is 0.269 e. The number of nitro benzene ring substituents is 1. The maximum atomic E-state index is 10.5. The second-order valence-corrected chi connectivity index (χ2v) is 3.39. The molecule has 2 aromatic rings. The molecular formula is C10H10N4O3. The molecule has 0 amide bonds. The fraction of sp³-hybridized carbons (Fsp3) is 0.200. The van der Waals surface area contributed by atoms with E-state index in [1.165, 1.54) is 12.1 Å². The first-order chi connectivity index (χ1) is 8.19. The van der Waals surface area contributed by atoms with Crippen LogP contribution in [0.1, 0.15) is 17.3 Å².